The lowest BCUT2D eigenvalue weighted by Crippen LogP contribution is -1.89. The van der Waals surface area contributed by atoms with Gasteiger partial charge in [-0.3, -0.25) is 5.10 Å². The molecule has 2 heterocycles. The first-order valence-corrected chi connectivity index (χ1v) is 7.22. The Bertz CT molecular complexity index is 764. The van der Waals surface area contributed by atoms with Crippen molar-refractivity contribution in [3.8, 4) is 33.2 Å². The van der Waals surface area contributed by atoms with E-state index in [0.29, 0.717) is 5.82 Å². The van der Waals surface area contributed by atoms with Gasteiger partial charge in [-0.1, -0.05) is 12.1 Å². The van der Waals surface area contributed by atoms with Crippen molar-refractivity contribution < 1.29 is 9.47 Å². The van der Waals surface area contributed by atoms with E-state index in [1.54, 1.807) is 25.6 Å². The third-order valence-corrected chi connectivity index (χ3v) is 4.14. The number of rotatable bonds is 4. The number of nitrogens with two attached hydrogens (primary N) is 1. The van der Waals surface area contributed by atoms with E-state index in [-0.39, 0.29) is 0 Å². The van der Waals surface area contributed by atoms with Crippen molar-refractivity contribution in [2.75, 3.05) is 20.0 Å². The predicted octanol–water partition coefficient (Wildman–Crippen LogP) is 3.40. The summed E-state index contributed by atoms with van der Waals surface area (Å²) in [6, 6.07) is 9.71. The monoisotopic (exact) mass is 301 g/mol. The number of hydrogen-bond acceptors (Lipinski definition) is 5. The van der Waals surface area contributed by atoms with Crippen LogP contribution in [0.3, 0.4) is 0 Å². The molecule has 0 fully saturated rings. The molecule has 0 amide bonds. The molecule has 108 valence electrons. The number of hydrogen-bond donors (Lipinski definition) is 2. The van der Waals surface area contributed by atoms with Crippen LogP contribution >= 0.6 is 11.3 Å². The number of nitrogen functional groups attached to an aromatic ring is 1. The number of nitrogens with one attached hydrogen (secondary N) is 1. The van der Waals surface area contributed by atoms with E-state index in [1.807, 2.05) is 35.7 Å². The lowest BCUT2D eigenvalue weighted by Gasteiger charge is -2.05. The third kappa shape index (κ3) is 2.45. The van der Waals surface area contributed by atoms with Gasteiger partial charge in [0.1, 0.15) is 11.5 Å². The van der Waals surface area contributed by atoms with Crippen molar-refractivity contribution in [2.24, 2.45) is 0 Å². The molecule has 3 aromatic rings. The molecule has 0 aliphatic rings. The molecule has 3 rings (SSSR count). The van der Waals surface area contributed by atoms with Crippen LogP contribution in [-0.4, -0.2) is 24.4 Å². The molecule has 3 N–H and O–H groups in total. The topological polar surface area (TPSA) is 73.2 Å². The standard InChI is InChI=1S/C15H15N3O2S/c1-19-10-5-3-4-9(6-10)13-14(17-18-15(13)16)12-7-11(20-2)8-21-12/h3-8H,1-2H3,(H3,16,17,18). The first-order chi connectivity index (χ1) is 10.2. The van der Waals surface area contributed by atoms with Crippen LogP contribution < -0.4 is 15.2 Å². The Morgan fingerprint density at radius 1 is 1.14 bits per heavy atom. The van der Waals surface area contributed by atoms with Crippen molar-refractivity contribution >= 4 is 17.2 Å². The lowest BCUT2D eigenvalue weighted by atomic mass is 10.0. The molecule has 0 unspecified atom stereocenters. The van der Waals surface area contributed by atoms with Crippen LogP contribution in [0.4, 0.5) is 5.82 Å². The summed E-state index contributed by atoms with van der Waals surface area (Å²) in [5.74, 6) is 2.06. The molecule has 0 spiro atoms. The second-order valence-corrected chi connectivity index (χ2v) is 5.35. The molecule has 0 bridgehead atoms. The zero-order valence-corrected chi connectivity index (χ0v) is 12.5. The normalized spacial score (nSPS) is 10.6. The largest absolute Gasteiger partial charge is 0.497 e. The van der Waals surface area contributed by atoms with E-state index < -0.39 is 0 Å². The molecule has 6 heteroatoms. The van der Waals surface area contributed by atoms with Gasteiger partial charge in [-0.05, 0) is 17.7 Å². The van der Waals surface area contributed by atoms with Crippen LogP contribution in [0.5, 0.6) is 11.5 Å². The Morgan fingerprint density at radius 2 is 1.95 bits per heavy atom. The molecule has 0 aliphatic heterocycles. The number of methoxy groups -OCH3 is 2. The Hall–Kier alpha value is -2.47. The Morgan fingerprint density at radius 3 is 2.67 bits per heavy atom. The van der Waals surface area contributed by atoms with Gasteiger partial charge in [0.05, 0.1) is 30.4 Å². The Kier molecular flexibility index (Phi) is 3.53. The fraction of sp³-hybridized carbons (Fsp3) is 0.133. The lowest BCUT2D eigenvalue weighted by molar-refractivity contribution is 0.415. The molecule has 0 atom stereocenters. The van der Waals surface area contributed by atoms with Gasteiger partial charge in [0.25, 0.3) is 0 Å². The minimum absolute atomic E-state index is 0.464. The van der Waals surface area contributed by atoms with E-state index in [2.05, 4.69) is 10.2 Å². The van der Waals surface area contributed by atoms with Crippen LogP contribution in [0.15, 0.2) is 35.7 Å². The number of thiophene rings is 1. The minimum Gasteiger partial charge on any atom is -0.497 e. The summed E-state index contributed by atoms with van der Waals surface area (Å²) in [7, 11) is 3.29. The maximum absolute atomic E-state index is 6.03. The number of aromatic amines is 1. The van der Waals surface area contributed by atoms with E-state index in [1.165, 1.54) is 0 Å². The highest BCUT2D eigenvalue weighted by atomic mass is 32.1. The van der Waals surface area contributed by atoms with Crippen LogP contribution in [0.2, 0.25) is 0 Å². The van der Waals surface area contributed by atoms with Crippen molar-refractivity contribution in [2.45, 2.75) is 0 Å². The predicted molar refractivity (Wildman–Crippen MR) is 84.9 cm³/mol. The maximum Gasteiger partial charge on any atom is 0.153 e. The van der Waals surface area contributed by atoms with Gasteiger partial charge >= 0.3 is 0 Å². The maximum atomic E-state index is 6.03. The van der Waals surface area contributed by atoms with Crippen molar-refractivity contribution in [1.29, 1.82) is 0 Å². The zero-order chi connectivity index (χ0) is 14.8. The molecular weight excluding hydrogens is 286 g/mol. The van der Waals surface area contributed by atoms with Crippen LogP contribution in [-0.2, 0) is 0 Å². The van der Waals surface area contributed by atoms with Crippen molar-refractivity contribution in [3.05, 3.63) is 35.7 Å². The molecule has 0 saturated heterocycles. The highest BCUT2D eigenvalue weighted by Gasteiger charge is 2.17. The van der Waals surface area contributed by atoms with Gasteiger partial charge in [0.2, 0.25) is 0 Å². The highest BCUT2D eigenvalue weighted by molar-refractivity contribution is 7.13. The first kappa shape index (κ1) is 13.5. The summed E-state index contributed by atoms with van der Waals surface area (Å²) in [6.07, 6.45) is 0. The number of benzene rings is 1. The highest BCUT2D eigenvalue weighted by Crippen LogP contribution is 2.39. The fourth-order valence-corrected chi connectivity index (χ4v) is 3.02. The van der Waals surface area contributed by atoms with Crippen molar-refractivity contribution in [1.82, 2.24) is 10.2 Å². The average Bonchev–Trinajstić information content (AvgIpc) is 3.13. The van der Waals surface area contributed by atoms with E-state index in [0.717, 1.165) is 33.2 Å². The van der Waals surface area contributed by atoms with Crippen LogP contribution in [0.25, 0.3) is 21.7 Å². The van der Waals surface area contributed by atoms with Gasteiger partial charge in [0.15, 0.2) is 5.82 Å². The SMILES string of the molecule is COc1cccc(-c2c(N)n[nH]c2-c2cc(OC)cs2)c1. The van der Waals surface area contributed by atoms with E-state index >= 15 is 0 Å². The van der Waals surface area contributed by atoms with Crippen LogP contribution in [0, 0.1) is 0 Å². The number of anilines is 1. The van der Waals surface area contributed by atoms with Gasteiger partial charge in [0, 0.05) is 11.4 Å². The molecule has 2 aromatic heterocycles. The van der Waals surface area contributed by atoms with Gasteiger partial charge in [-0.15, -0.1) is 11.3 Å². The molecule has 21 heavy (non-hydrogen) atoms. The van der Waals surface area contributed by atoms with Crippen LogP contribution in [0.1, 0.15) is 0 Å². The Balaban J connectivity index is 2.12. The molecule has 1 aromatic carbocycles. The summed E-state index contributed by atoms with van der Waals surface area (Å²) >= 11 is 1.58. The number of nitrogens with zero attached hydrogens (tertiary/aromatic N) is 1. The molecule has 0 saturated carbocycles. The summed E-state index contributed by atoms with van der Waals surface area (Å²) < 4.78 is 10.5. The van der Waals surface area contributed by atoms with Crippen molar-refractivity contribution in [3.63, 3.8) is 0 Å². The molecule has 5 nitrogen and oxygen atoms in total. The van der Waals surface area contributed by atoms with Gasteiger partial charge < -0.3 is 15.2 Å². The number of aromatic nitrogens is 2. The summed E-state index contributed by atoms with van der Waals surface area (Å²) in [6.45, 7) is 0. The summed E-state index contributed by atoms with van der Waals surface area (Å²) in [5.41, 5.74) is 8.75. The van der Waals surface area contributed by atoms with Gasteiger partial charge in [-0.25, -0.2) is 0 Å². The van der Waals surface area contributed by atoms with Gasteiger partial charge in [-0.2, -0.15) is 5.10 Å². The first-order valence-electron chi connectivity index (χ1n) is 6.34. The molecule has 0 radical (unpaired) electrons. The molecular formula is C15H15N3O2S. The smallest absolute Gasteiger partial charge is 0.153 e. The average molecular weight is 301 g/mol. The zero-order valence-electron chi connectivity index (χ0n) is 11.7. The van der Waals surface area contributed by atoms with E-state index in [9.17, 15) is 0 Å². The van der Waals surface area contributed by atoms with E-state index in [4.69, 9.17) is 15.2 Å². The summed E-state index contributed by atoms with van der Waals surface area (Å²) in [5, 5.41) is 9.09. The molecule has 0 aliphatic carbocycles. The second kappa shape index (κ2) is 5.49. The summed E-state index contributed by atoms with van der Waals surface area (Å²) in [4.78, 5) is 1.02. The number of ether oxygens (including phenoxy) is 2. The third-order valence-electron chi connectivity index (χ3n) is 3.21. The number of H-pyrrole nitrogens is 1. The second-order valence-electron chi connectivity index (χ2n) is 4.44. The quantitative estimate of drug-likeness (QED) is 0.774. The minimum atomic E-state index is 0.464. The Labute approximate surface area is 126 Å². The fourth-order valence-electron chi connectivity index (χ4n) is 2.16.